The van der Waals surface area contributed by atoms with Crippen LogP contribution in [0.5, 0.6) is 0 Å². The van der Waals surface area contributed by atoms with E-state index in [-0.39, 0.29) is 24.6 Å². The molecule has 8 nitrogen and oxygen atoms in total. The zero-order valence-electron chi connectivity index (χ0n) is 20.2. The maximum Gasteiger partial charge on any atom is 0.338 e. The molecule has 1 fully saturated rings. The van der Waals surface area contributed by atoms with E-state index in [0.29, 0.717) is 25.2 Å². The molecule has 2 aromatic rings. The summed E-state index contributed by atoms with van der Waals surface area (Å²) in [5.74, 6) is -0.718. The summed E-state index contributed by atoms with van der Waals surface area (Å²) in [6.07, 6.45) is 0. The number of carbonyl (C=O) groups excluding carboxylic acids is 3. The van der Waals surface area contributed by atoms with E-state index in [4.69, 9.17) is 4.74 Å². The van der Waals surface area contributed by atoms with Gasteiger partial charge in [0, 0.05) is 45.3 Å². The van der Waals surface area contributed by atoms with E-state index < -0.39 is 5.97 Å². The van der Waals surface area contributed by atoms with E-state index in [2.05, 4.69) is 46.7 Å². The first-order valence-corrected chi connectivity index (χ1v) is 11.7. The first-order chi connectivity index (χ1) is 16.3. The van der Waals surface area contributed by atoms with Crippen molar-refractivity contribution in [2.75, 3.05) is 32.8 Å². The number of benzene rings is 2. The largest absolute Gasteiger partial charge is 0.452 e. The van der Waals surface area contributed by atoms with Gasteiger partial charge in [-0.25, -0.2) is 9.59 Å². The van der Waals surface area contributed by atoms with Crippen molar-refractivity contribution in [3.05, 3.63) is 70.8 Å². The second-order valence-electron chi connectivity index (χ2n) is 8.90. The van der Waals surface area contributed by atoms with Crippen molar-refractivity contribution in [1.29, 1.82) is 0 Å². The molecule has 0 spiro atoms. The van der Waals surface area contributed by atoms with Crippen molar-refractivity contribution in [2.45, 2.75) is 39.9 Å². The van der Waals surface area contributed by atoms with Crippen LogP contribution >= 0.6 is 0 Å². The smallest absolute Gasteiger partial charge is 0.338 e. The molecule has 0 atom stereocenters. The molecule has 1 heterocycles. The van der Waals surface area contributed by atoms with Crippen LogP contribution in [0.1, 0.15) is 40.9 Å². The lowest BCUT2D eigenvalue weighted by atomic mass is 10.1. The van der Waals surface area contributed by atoms with Crippen molar-refractivity contribution in [1.82, 2.24) is 20.4 Å². The molecule has 3 amide bonds. The van der Waals surface area contributed by atoms with Gasteiger partial charge in [0.1, 0.15) is 0 Å². The fraction of sp³-hybridized carbons (Fsp3) is 0.423. The molecule has 0 bridgehead atoms. The van der Waals surface area contributed by atoms with E-state index in [1.807, 2.05) is 13.8 Å². The molecule has 0 radical (unpaired) electrons. The number of hydrogen-bond donors (Lipinski definition) is 2. The minimum Gasteiger partial charge on any atom is -0.452 e. The van der Waals surface area contributed by atoms with Crippen molar-refractivity contribution in [3.8, 4) is 0 Å². The van der Waals surface area contributed by atoms with E-state index in [1.165, 1.54) is 11.1 Å². The number of urea groups is 1. The Bertz CT molecular complexity index is 983. The van der Waals surface area contributed by atoms with Gasteiger partial charge in [-0.2, -0.15) is 0 Å². The van der Waals surface area contributed by atoms with E-state index in [0.717, 1.165) is 25.2 Å². The van der Waals surface area contributed by atoms with Gasteiger partial charge in [-0.1, -0.05) is 42.0 Å². The van der Waals surface area contributed by atoms with Crippen LogP contribution in [0.15, 0.2) is 48.5 Å². The van der Waals surface area contributed by atoms with E-state index >= 15 is 0 Å². The zero-order valence-corrected chi connectivity index (χ0v) is 20.2. The molecular formula is C26H34N4O4. The summed E-state index contributed by atoms with van der Waals surface area (Å²) in [5, 5.41) is 5.50. The Kier molecular flexibility index (Phi) is 9.04. The number of nitrogens with one attached hydrogen (secondary N) is 2. The zero-order chi connectivity index (χ0) is 24.5. The lowest BCUT2D eigenvalue weighted by molar-refractivity contribution is -0.136. The summed E-state index contributed by atoms with van der Waals surface area (Å²) in [5.41, 5.74) is 3.74. The highest BCUT2D eigenvalue weighted by molar-refractivity contribution is 5.91. The quantitative estimate of drug-likeness (QED) is 0.584. The number of carbonyl (C=O) groups is 3. The number of piperazine rings is 1. The normalized spacial score (nSPS) is 14.1. The minimum atomic E-state index is -0.538. The Balaban J connectivity index is 1.38. The number of aryl methyl sites for hydroxylation is 1. The monoisotopic (exact) mass is 466 g/mol. The average molecular weight is 467 g/mol. The number of nitrogens with zero attached hydrogens (tertiary/aromatic N) is 2. The van der Waals surface area contributed by atoms with Crippen molar-refractivity contribution >= 4 is 17.9 Å². The third kappa shape index (κ3) is 7.88. The van der Waals surface area contributed by atoms with Crippen LogP contribution in [-0.2, 0) is 22.6 Å². The first kappa shape index (κ1) is 25.2. The highest BCUT2D eigenvalue weighted by atomic mass is 16.5. The van der Waals surface area contributed by atoms with Gasteiger partial charge >= 0.3 is 12.0 Å². The Hall–Kier alpha value is -3.39. The molecular weight excluding hydrogens is 432 g/mol. The van der Waals surface area contributed by atoms with Crippen molar-refractivity contribution in [3.63, 3.8) is 0 Å². The summed E-state index contributed by atoms with van der Waals surface area (Å²) in [7, 11) is 0. The predicted octanol–water partition coefficient (Wildman–Crippen LogP) is 2.70. The summed E-state index contributed by atoms with van der Waals surface area (Å²) in [6, 6.07) is 15.0. The Morgan fingerprint density at radius 1 is 0.971 bits per heavy atom. The number of ether oxygens (including phenoxy) is 1. The highest BCUT2D eigenvalue weighted by Gasteiger charge is 2.22. The van der Waals surface area contributed by atoms with Gasteiger partial charge in [0.25, 0.3) is 5.91 Å². The van der Waals surface area contributed by atoms with Crippen LogP contribution in [-0.4, -0.2) is 66.5 Å². The summed E-state index contributed by atoms with van der Waals surface area (Å²) in [6.45, 7) is 9.63. The SMILES string of the molecule is Cc1cccc(CN2CCN(C(=O)COC(=O)c3ccc(CNC(=O)NC(C)C)cc3)CC2)c1. The number of esters is 1. The molecule has 1 aliphatic heterocycles. The van der Waals surface area contributed by atoms with Gasteiger partial charge in [-0.3, -0.25) is 9.69 Å². The van der Waals surface area contributed by atoms with Gasteiger partial charge in [-0.15, -0.1) is 0 Å². The van der Waals surface area contributed by atoms with Crippen LogP contribution in [0.3, 0.4) is 0 Å². The molecule has 182 valence electrons. The average Bonchev–Trinajstić information content (AvgIpc) is 2.81. The van der Waals surface area contributed by atoms with Crippen LogP contribution < -0.4 is 10.6 Å². The molecule has 1 aliphatic rings. The Morgan fingerprint density at radius 3 is 2.32 bits per heavy atom. The molecule has 3 rings (SSSR count). The first-order valence-electron chi connectivity index (χ1n) is 11.7. The van der Waals surface area contributed by atoms with Gasteiger partial charge < -0.3 is 20.3 Å². The molecule has 2 N–H and O–H groups in total. The summed E-state index contributed by atoms with van der Waals surface area (Å²) in [4.78, 5) is 40.6. The van der Waals surface area contributed by atoms with Gasteiger partial charge in [-0.05, 0) is 44.0 Å². The van der Waals surface area contributed by atoms with Gasteiger partial charge in [0.2, 0.25) is 0 Å². The third-order valence-electron chi connectivity index (χ3n) is 5.60. The predicted molar refractivity (Wildman–Crippen MR) is 130 cm³/mol. The standard InChI is InChI=1S/C26H34N4O4/c1-19(2)28-26(33)27-16-21-7-9-23(10-8-21)25(32)34-18-24(31)30-13-11-29(12-14-30)17-22-6-4-5-20(3)15-22/h4-10,15,19H,11-14,16-18H2,1-3H3,(H2,27,28,33). The molecule has 0 aliphatic carbocycles. The molecule has 34 heavy (non-hydrogen) atoms. The number of amides is 3. The fourth-order valence-corrected chi connectivity index (χ4v) is 3.78. The second kappa shape index (κ2) is 12.2. The van der Waals surface area contributed by atoms with Crippen molar-refractivity contribution in [2.24, 2.45) is 0 Å². The maximum absolute atomic E-state index is 12.5. The number of rotatable bonds is 8. The lowest BCUT2D eigenvalue weighted by Crippen LogP contribution is -2.49. The van der Waals surface area contributed by atoms with Crippen LogP contribution in [0, 0.1) is 6.92 Å². The molecule has 2 aromatic carbocycles. The highest BCUT2D eigenvalue weighted by Crippen LogP contribution is 2.11. The summed E-state index contributed by atoms with van der Waals surface area (Å²) >= 11 is 0. The second-order valence-corrected chi connectivity index (χ2v) is 8.90. The molecule has 1 saturated heterocycles. The van der Waals surface area contributed by atoms with Gasteiger partial charge in [0.15, 0.2) is 6.61 Å². The molecule has 8 heteroatoms. The Morgan fingerprint density at radius 2 is 1.68 bits per heavy atom. The maximum atomic E-state index is 12.5. The lowest BCUT2D eigenvalue weighted by Gasteiger charge is -2.34. The number of hydrogen-bond acceptors (Lipinski definition) is 5. The fourth-order valence-electron chi connectivity index (χ4n) is 3.78. The van der Waals surface area contributed by atoms with Gasteiger partial charge in [0.05, 0.1) is 5.56 Å². The summed E-state index contributed by atoms with van der Waals surface area (Å²) < 4.78 is 5.24. The van der Waals surface area contributed by atoms with Crippen molar-refractivity contribution < 1.29 is 19.1 Å². The van der Waals surface area contributed by atoms with Crippen LogP contribution in [0.25, 0.3) is 0 Å². The van der Waals surface area contributed by atoms with E-state index in [9.17, 15) is 14.4 Å². The topological polar surface area (TPSA) is 91.0 Å². The third-order valence-corrected chi connectivity index (χ3v) is 5.60. The molecule has 0 unspecified atom stereocenters. The molecule has 0 aromatic heterocycles. The van der Waals surface area contributed by atoms with Crippen LogP contribution in [0.4, 0.5) is 4.79 Å². The molecule has 0 saturated carbocycles. The van der Waals surface area contributed by atoms with Crippen LogP contribution in [0.2, 0.25) is 0 Å². The van der Waals surface area contributed by atoms with E-state index in [1.54, 1.807) is 29.2 Å². The Labute approximate surface area is 201 Å². The minimum absolute atomic E-state index is 0.0577.